The Bertz CT molecular complexity index is 373. The van der Waals surface area contributed by atoms with E-state index in [0.29, 0.717) is 24.8 Å². The molecule has 1 aliphatic rings. The smallest absolute Gasteiger partial charge is 0.222 e. The second kappa shape index (κ2) is 6.19. The monoisotopic (exact) mass is 230 g/mol. The van der Waals surface area contributed by atoms with Gasteiger partial charge in [0, 0.05) is 18.9 Å². The second-order valence-corrected chi connectivity index (χ2v) is 4.51. The molecule has 1 N–H and O–H groups in total. The normalized spacial score (nSPS) is 16.4. The summed E-state index contributed by atoms with van der Waals surface area (Å²) in [6, 6.07) is 2.08. The molecule has 0 saturated heterocycles. The third-order valence-electron chi connectivity index (χ3n) is 3.27. The first-order valence-electron chi connectivity index (χ1n) is 6.33. The van der Waals surface area contributed by atoms with Gasteiger partial charge in [-0.15, -0.1) is 0 Å². The van der Waals surface area contributed by atoms with E-state index in [1.165, 1.54) is 37.7 Å². The maximum absolute atomic E-state index is 8.43. The molecule has 1 heterocycles. The van der Waals surface area contributed by atoms with Crippen molar-refractivity contribution in [3.63, 3.8) is 0 Å². The van der Waals surface area contributed by atoms with E-state index in [1.54, 1.807) is 0 Å². The molecule has 1 saturated carbocycles. The summed E-state index contributed by atoms with van der Waals surface area (Å²) >= 11 is 0. The van der Waals surface area contributed by atoms with Crippen LogP contribution in [0.15, 0.2) is 12.4 Å². The van der Waals surface area contributed by atoms with Crippen LogP contribution >= 0.6 is 0 Å². The average Bonchev–Trinajstić information content (AvgIpc) is 2.41. The van der Waals surface area contributed by atoms with Crippen LogP contribution in [-0.4, -0.2) is 16.5 Å². The van der Waals surface area contributed by atoms with Gasteiger partial charge in [0.15, 0.2) is 0 Å². The van der Waals surface area contributed by atoms with E-state index in [9.17, 15) is 0 Å². The molecule has 0 radical (unpaired) electrons. The highest BCUT2D eigenvalue weighted by Gasteiger charge is 2.15. The summed E-state index contributed by atoms with van der Waals surface area (Å²) in [5.74, 6) is 1.27. The predicted octanol–water partition coefficient (Wildman–Crippen LogP) is 2.85. The maximum Gasteiger partial charge on any atom is 0.222 e. The van der Waals surface area contributed by atoms with Gasteiger partial charge in [0.25, 0.3) is 0 Å². The van der Waals surface area contributed by atoms with Crippen molar-refractivity contribution in [3.8, 4) is 6.07 Å². The molecule has 0 amide bonds. The largest absolute Gasteiger partial charge is 0.353 e. The Hall–Kier alpha value is -1.63. The molecule has 90 valence electrons. The number of nitrogens with one attached hydrogen (secondary N) is 1. The minimum absolute atomic E-state index is 0.480. The van der Waals surface area contributed by atoms with Crippen LogP contribution in [0.4, 0.5) is 5.95 Å². The van der Waals surface area contributed by atoms with Gasteiger partial charge in [-0.3, -0.25) is 0 Å². The standard InChI is InChI=1S/C13H18N4/c14-7-4-8-15-13-16-9-12(10-17-13)11-5-2-1-3-6-11/h9-11H,1-6,8H2,(H,15,16,17). The molecule has 2 rings (SSSR count). The molecule has 0 spiro atoms. The first-order valence-corrected chi connectivity index (χ1v) is 6.33. The van der Waals surface area contributed by atoms with Crippen LogP contribution in [-0.2, 0) is 0 Å². The predicted molar refractivity (Wildman–Crippen MR) is 66.6 cm³/mol. The van der Waals surface area contributed by atoms with Gasteiger partial charge in [-0.05, 0) is 24.3 Å². The lowest BCUT2D eigenvalue weighted by molar-refractivity contribution is 0.442. The number of aromatic nitrogens is 2. The van der Waals surface area contributed by atoms with E-state index < -0.39 is 0 Å². The topological polar surface area (TPSA) is 61.6 Å². The Labute approximate surface area is 102 Å². The Balaban J connectivity index is 1.90. The highest BCUT2D eigenvalue weighted by Crippen LogP contribution is 2.31. The molecule has 0 atom stereocenters. The molecule has 1 aromatic heterocycles. The fraction of sp³-hybridized carbons (Fsp3) is 0.615. The van der Waals surface area contributed by atoms with Crippen LogP contribution in [0.1, 0.15) is 50.0 Å². The van der Waals surface area contributed by atoms with Crippen molar-refractivity contribution in [1.29, 1.82) is 5.26 Å². The molecule has 0 unspecified atom stereocenters. The fourth-order valence-electron chi connectivity index (χ4n) is 2.31. The lowest BCUT2D eigenvalue weighted by Gasteiger charge is -2.21. The Kier molecular flexibility index (Phi) is 4.31. The molecular weight excluding hydrogens is 212 g/mol. The summed E-state index contributed by atoms with van der Waals surface area (Å²) in [5.41, 5.74) is 1.26. The van der Waals surface area contributed by atoms with Crippen LogP contribution in [0.25, 0.3) is 0 Å². The zero-order valence-electron chi connectivity index (χ0n) is 10.0. The van der Waals surface area contributed by atoms with Crippen molar-refractivity contribution < 1.29 is 0 Å². The van der Waals surface area contributed by atoms with Gasteiger partial charge in [-0.25, -0.2) is 9.97 Å². The lowest BCUT2D eigenvalue weighted by atomic mass is 9.85. The third kappa shape index (κ3) is 3.42. The Morgan fingerprint density at radius 1 is 1.24 bits per heavy atom. The number of hydrogen-bond acceptors (Lipinski definition) is 4. The van der Waals surface area contributed by atoms with Gasteiger partial charge in [0.2, 0.25) is 5.95 Å². The van der Waals surface area contributed by atoms with Crippen LogP contribution in [0.3, 0.4) is 0 Å². The fourth-order valence-corrected chi connectivity index (χ4v) is 2.31. The first-order chi connectivity index (χ1) is 8.40. The molecule has 1 aromatic rings. The molecule has 1 fully saturated rings. The molecule has 0 aliphatic heterocycles. The summed E-state index contributed by atoms with van der Waals surface area (Å²) in [7, 11) is 0. The van der Waals surface area contributed by atoms with Crippen molar-refractivity contribution in [2.45, 2.75) is 44.4 Å². The zero-order chi connectivity index (χ0) is 11.9. The van der Waals surface area contributed by atoms with E-state index in [2.05, 4.69) is 21.4 Å². The minimum Gasteiger partial charge on any atom is -0.353 e. The quantitative estimate of drug-likeness (QED) is 0.808. The average molecular weight is 230 g/mol. The van der Waals surface area contributed by atoms with E-state index in [4.69, 9.17) is 5.26 Å². The van der Waals surface area contributed by atoms with E-state index in [1.807, 2.05) is 12.4 Å². The highest BCUT2D eigenvalue weighted by atomic mass is 15.1. The SMILES string of the molecule is N#CCCNc1ncc(C2CCCCC2)cn1. The van der Waals surface area contributed by atoms with E-state index in [0.717, 1.165) is 0 Å². The lowest BCUT2D eigenvalue weighted by Crippen LogP contribution is -2.08. The van der Waals surface area contributed by atoms with Crippen LogP contribution in [0.2, 0.25) is 0 Å². The summed E-state index contributed by atoms with van der Waals surface area (Å²) in [6.45, 7) is 0.610. The van der Waals surface area contributed by atoms with Crippen LogP contribution in [0, 0.1) is 11.3 Å². The Morgan fingerprint density at radius 2 is 1.94 bits per heavy atom. The number of hydrogen-bond donors (Lipinski definition) is 1. The highest BCUT2D eigenvalue weighted by molar-refractivity contribution is 5.26. The van der Waals surface area contributed by atoms with Gasteiger partial charge < -0.3 is 5.32 Å². The number of nitrogens with zero attached hydrogens (tertiary/aromatic N) is 3. The maximum atomic E-state index is 8.43. The molecule has 17 heavy (non-hydrogen) atoms. The van der Waals surface area contributed by atoms with Gasteiger partial charge in [0.1, 0.15) is 0 Å². The summed E-state index contributed by atoms with van der Waals surface area (Å²) < 4.78 is 0. The van der Waals surface area contributed by atoms with Gasteiger partial charge in [-0.2, -0.15) is 5.26 Å². The molecule has 0 bridgehead atoms. The van der Waals surface area contributed by atoms with E-state index in [-0.39, 0.29) is 0 Å². The summed E-state index contributed by atoms with van der Waals surface area (Å²) in [4.78, 5) is 8.59. The number of nitriles is 1. The minimum atomic E-state index is 0.480. The van der Waals surface area contributed by atoms with E-state index >= 15 is 0 Å². The Morgan fingerprint density at radius 3 is 2.59 bits per heavy atom. The van der Waals surface area contributed by atoms with Gasteiger partial charge >= 0.3 is 0 Å². The van der Waals surface area contributed by atoms with Gasteiger partial charge in [0.05, 0.1) is 12.5 Å². The van der Waals surface area contributed by atoms with Crippen molar-refractivity contribution >= 4 is 5.95 Å². The second-order valence-electron chi connectivity index (χ2n) is 4.51. The van der Waals surface area contributed by atoms with Crippen LogP contribution < -0.4 is 5.32 Å². The van der Waals surface area contributed by atoms with Crippen molar-refractivity contribution in [3.05, 3.63) is 18.0 Å². The van der Waals surface area contributed by atoms with Crippen molar-refractivity contribution in [2.24, 2.45) is 0 Å². The molecule has 4 nitrogen and oxygen atoms in total. The van der Waals surface area contributed by atoms with Crippen molar-refractivity contribution in [1.82, 2.24) is 9.97 Å². The van der Waals surface area contributed by atoms with Gasteiger partial charge in [-0.1, -0.05) is 19.3 Å². The molecule has 1 aliphatic carbocycles. The number of anilines is 1. The first kappa shape index (κ1) is 11.8. The van der Waals surface area contributed by atoms with Crippen molar-refractivity contribution in [2.75, 3.05) is 11.9 Å². The van der Waals surface area contributed by atoms with Crippen LogP contribution in [0.5, 0.6) is 0 Å². The summed E-state index contributed by atoms with van der Waals surface area (Å²) in [6.07, 6.45) is 10.9. The molecule has 4 heteroatoms. The summed E-state index contributed by atoms with van der Waals surface area (Å²) in [5, 5.41) is 11.5. The molecular formula is C13H18N4. The molecule has 0 aromatic carbocycles. The number of rotatable bonds is 4. The third-order valence-corrected chi connectivity index (χ3v) is 3.27. The zero-order valence-corrected chi connectivity index (χ0v) is 10.0.